The third kappa shape index (κ3) is 3.99. The Morgan fingerprint density at radius 3 is 2.39 bits per heavy atom. The highest BCUT2D eigenvalue weighted by Crippen LogP contribution is 2.26. The molecule has 2 amide bonds. The summed E-state index contributed by atoms with van der Waals surface area (Å²) in [7, 11) is 1.75. The number of hydrogen-bond donors (Lipinski definition) is 1. The standard InChI is InChI=1S/C18H22N2O2S/c1-12(2)14-8-5-6-9-15(14)20(4)18(22)13(3)19-17(21)16-10-7-11-23-16/h5-13H,1-4H3,(H,19,21). The van der Waals surface area contributed by atoms with Crippen LogP contribution in [-0.2, 0) is 4.79 Å². The summed E-state index contributed by atoms with van der Waals surface area (Å²) >= 11 is 1.36. The maximum Gasteiger partial charge on any atom is 0.261 e. The first kappa shape index (κ1) is 17.2. The second-order valence-corrected chi connectivity index (χ2v) is 6.73. The molecule has 122 valence electrons. The number of nitrogens with one attached hydrogen (secondary N) is 1. The molecule has 1 aromatic heterocycles. The van der Waals surface area contributed by atoms with Crippen molar-refractivity contribution in [2.45, 2.75) is 32.7 Å². The van der Waals surface area contributed by atoms with Gasteiger partial charge in [0.05, 0.1) is 4.88 Å². The van der Waals surface area contributed by atoms with E-state index in [1.807, 2.05) is 35.7 Å². The van der Waals surface area contributed by atoms with Gasteiger partial charge in [0.1, 0.15) is 6.04 Å². The number of anilines is 1. The lowest BCUT2D eigenvalue weighted by atomic mass is 10.0. The Morgan fingerprint density at radius 1 is 1.09 bits per heavy atom. The van der Waals surface area contributed by atoms with E-state index < -0.39 is 6.04 Å². The van der Waals surface area contributed by atoms with Crippen LogP contribution in [0.4, 0.5) is 5.69 Å². The molecule has 4 nitrogen and oxygen atoms in total. The Hall–Kier alpha value is -2.14. The Balaban J connectivity index is 2.12. The lowest BCUT2D eigenvalue weighted by Crippen LogP contribution is -2.45. The van der Waals surface area contributed by atoms with Crippen LogP contribution < -0.4 is 10.2 Å². The molecule has 0 aliphatic rings. The average Bonchev–Trinajstić information content (AvgIpc) is 3.07. The molecule has 23 heavy (non-hydrogen) atoms. The van der Waals surface area contributed by atoms with Gasteiger partial charge in [-0.1, -0.05) is 38.1 Å². The van der Waals surface area contributed by atoms with Crippen molar-refractivity contribution in [2.24, 2.45) is 0 Å². The summed E-state index contributed by atoms with van der Waals surface area (Å²) in [4.78, 5) is 26.9. The van der Waals surface area contributed by atoms with E-state index in [-0.39, 0.29) is 11.8 Å². The molecule has 1 atom stereocenters. The van der Waals surface area contributed by atoms with Crippen molar-refractivity contribution in [3.05, 3.63) is 52.2 Å². The van der Waals surface area contributed by atoms with E-state index in [1.54, 1.807) is 24.9 Å². The van der Waals surface area contributed by atoms with Crippen molar-refractivity contribution in [1.82, 2.24) is 5.32 Å². The largest absolute Gasteiger partial charge is 0.340 e. The van der Waals surface area contributed by atoms with Gasteiger partial charge in [-0.05, 0) is 35.9 Å². The molecule has 0 radical (unpaired) electrons. The Kier molecular flexibility index (Phi) is 5.55. The SMILES string of the molecule is CC(NC(=O)c1cccs1)C(=O)N(C)c1ccccc1C(C)C. The Bertz CT molecular complexity index is 680. The van der Waals surface area contributed by atoms with Gasteiger partial charge < -0.3 is 10.2 Å². The summed E-state index contributed by atoms with van der Waals surface area (Å²) in [6.45, 7) is 5.90. The summed E-state index contributed by atoms with van der Waals surface area (Å²) in [5, 5.41) is 4.60. The number of carbonyl (C=O) groups excluding carboxylic acids is 2. The molecule has 5 heteroatoms. The first-order valence-corrected chi connectivity index (χ1v) is 8.50. The minimum atomic E-state index is -0.588. The fourth-order valence-corrected chi connectivity index (χ4v) is 3.05. The van der Waals surface area contributed by atoms with Crippen LogP contribution in [0.2, 0.25) is 0 Å². The van der Waals surface area contributed by atoms with E-state index in [2.05, 4.69) is 19.2 Å². The van der Waals surface area contributed by atoms with Crippen LogP contribution in [0.5, 0.6) is 0 Å². The molecule has 0 bridgehead atoms. The van der Waals surface area contributed by atoms with Gasteiger partial charge in [0.25, 0.3) is 5.91 Å². The quantitative estimate of drug-likeness (QED) is 0.909. The summed E-state index contributed by atoms with van der Waals surface area (Å²) in [5.74, 6) is -0.0353. The second-order valence-electron chi connectivity index (χ2n) is 5.78. The van der Waals surface area contributed by atoms with Crippen LogP contribution in [0, 0.1) is 0 Å². The highest BCUT2D eigenvalue weighted by atomic mass is 32.1. The fraction of sp³-hybridized carbons (Fsp3) is 0.333. The Labute approximate surface area is 141 Å². The van der Waals surface area contributed by atoms with Crippen molar-refractivity contribution >= 4 is 28.8 Å². The van der Waals surface area contributed by atoms with Crippen molar-refractivity contribution in [3.63, 3.8) is 0 Å². The number of nitrogens with zero attached hydrogens (tertiary/aromatic N) is 1. The first-order valence-electron chi connectivity index (χ1n) is 7.62. The summed E-state index contributed by atoms with van der Waals surface area (Å²) in [6.07, 6.45) is 0. The van der Waals surface area contributed by atoms with Crippen LogP contribution in [0.1, 0.15) is 41.9 Å². The highest BCUT2D eigenvalue weighted by molar-refractivity contribution is 7.12. The van der Waals surface area contributed by atoms with Crippen LogP contribution in [0.15, 0.2) is 41.8 Å². The number of benzene rings is 1. The number of hydrogen-bond acceptors (Lipinski definition) is 3. The number of amides is 2. The lowest BCUT2D eigenvalue weighted by molar-refractivity contribution is -0.119. The van der Waals surface area contributed by atoms with Gasteiger partial charge in [-0.3, -0.25) is 9.59 Å². The molecule has 2 rings (SSSR count). The third-order valence-corrected chi connectivity index (χ3v) is 4.58. The van der Waals surface area contributed by atoms with E-state index in [0.29, 0.717) is 10.8 Å². The maximum atomic E-state index is 12.6. The van der Waals surface area contributed by atoms with Gasteiger partial charge in [0.15, 0.2) is 0 Å². The first-order chi connectivity index (χ1) is 10.9. The molecule has 1 aromatic carbocycles. The molecule has 0 fully saturated rings. The molecule has 0 spiro atoms. The van der Waals surface area contributed by atoms with Gasteiger partial charge in [0.2, 0.25) is 5.91 Å². The van der Waals surface area contributed by atoms with Gasteiger partial charge in [-0.25, -0.2) is 0 Å². The molecular weight excluding hydrogens is 308 g/mol. The van der Waals surface area contributed by atoms with Gasteiger partial charge in [-0.15, -0.1) is 11.3 Å². The highest BCUT2D eigenvalue weighted by Gasteiger charge is 2.23. The number of thiophene rings is 1. The fourth-order valence-electron chi connectivity index (χ4n) is 2.43. The monoisotopic (exact) mass is 330 g/mol. The average molecular weight is 330 g/mol. The zero-order chi connectivity index (χ0) is 17.0. The van der Waals surface area contributed by atoms with E-state index in [1.165, 1.54) is 11.3 Å². The molecule has 1 unspecified atom stereocenters. The summed E-state index contributed by atoms with van der Waals surface area (Å²) in [6, 6.07) is 10.8. The van der Waals surface area contributed by atoms with Crippen molar-refractivity contribution < 1.29 is 9.59 Å². The third-order valence-electron chi connectivity index (χ3n) is 3.71. The van der Waals surface area contributed by atoms with Crippen molar-refractivity contribution in [2.75, 3.05) is 11.9 Å². The van der Waals surface area contributed by atoms with Gasteiger partial charge in [0, 0.05) is 12.7 Å². The van der Waals surface area contributed by atoms with Crippen LogP contribution in [-0.4, -0.2) is 24.9 Å². The van der Waals surface area contributed by atoms with Crippen LogP contribution in [0.25, 0.3) is 0 Å². The number of likely N-dealkylation sites (N-methyl/N-ethyl adjacent to an activating group) is 1. The summed E-state index contributed by atoms with van der Waals surface area (Å²) in [5.41, 5.74) is 1.99. The zero-order valence-corrected chi connectivity index (χ0v) is 14.7. The predicted octanol–water partition coefficient (Wildman–Crippen LogP) is 3.65. The van der Waals surface area contributed by atoms with E-state index in [9.17, 15) is 9.59 Å². The maximum absolute atomic E-state index is 12.6. The molecule has 1 N–H and O–H groups in total. The normalized spacial score (nSPS) is 12.0. The Morgan fingerprint density at radius 2 is 1.78 bits per heavy atom. The van der Waals surface area contributed by atoms with Crippen LogP contribution in [0.3, 0.4) is 0 Å². The number of carbonyl (C=O) groups is 2. The number of rotatable bonds is 5. The molecular formula is C18H22N2O2S. The minimum absolute atomic E-state index is 0.136. The van der Waals surface area contributed by atoms with E-state index in [0.717, 1.165) is 11.3 Å². The second kappa shape index (κ2) is 7.42. The lowest BCUT2D eigenvalue weighted by Gasteiger charge is -2.25. The van der Waals surface area contributed by atoms with Gasteiger partial charge in [-0.2, -0.15) is 0 Å². The molecule has 0 aliphatic heterocycles. The topological polar surface area (TPSA) is 49.4 Å². The minimum Gasteiger partial charge on any atom is -0.340 e. The number of para-hydroxylation sites is 1. The molecule has 1 heterocycles. The van der Waals surface area contributed by atoms with E-state index in [4.69, 9.17) is 0 Å². The summed E-state index contributed by atoms with van der Waals surface area (Å²) < 4.78 is 0. The molecule has 0 saturated carbocycles. The van der Waals surface area contributed by atoms with E-state index >= 15 is 0 Å². The molecule has 2 aromatic rings. The van der Waals surface area contributed by atoms with Crippen molar-refractivity contribution in [1.29, 1.82) is 0 Å². The van der Waals surface area contributed by atoms with Gasteiger partial charge >= 0.3 is 0 Å². The zero-order valence-electron chi connectivity index (χ0n) is 13.9. The van der Waals surface area contributed by atoms with Crippen LogP contribution >= 0.6 is 11.3 Å². The predicted molar refractivity (Wildman–Crippen MR) is 95.2 cm³/mol. The molecule has 0 aliphatic carbocycles. The van der Waals surface area contributed by atoms with Crippen molar-refractivity contribution in [3.8, 4) is 0 Å². The molecule has 0 saturated heterocycles. The smallest absolute Gasteiger partial charge is 0.261 e.